The van der Waals surface area contributed by atoms with Crippen molar-refractivity contribution in [1.29, 1.82) is 0 Å². The Balaban J connectivity index is 2.09. The Bertz CT molecular complexity index is 554. The number of nitrogens with one attached hydrogen (secondary N) is 1. The molecule has 2 rings (SSSR count). The first-order valence-corrected chi connectivity index (χ1v) is 6.30. The monoisotopic (exact) mass is 259 g/mol. The summed E-state index contributed by atoms with van der Waals surface area (Å²) < 4.78 is 19.1. The second kappa shape index (κ2) is 6.34. The highest BCUT2D eigenvalue weighted by Gasteiger charge is 2.03. The Labute approximate surface area is 113 Å². The Kier molecular flexibility index (Phi) is 4.53. The van der Waals surface area contributed by atoms with E-state index in [1.54, 1.807) is 0 Å². The van der Waals surface area contributed by atoms with Crippen molar-refractivity contribution in [1.82, 2.24) is 5.32 Å². The summed E-state index contributed by atoms with van der Waals surface area (Å²) in [5.41, 5.74) is 3.17. The first-order chi connectivity index (χ1) is 9.19. The fourth-order valence-corrected chi connectivity index (χ4v) is 1.94. The summed E-state index contributed by atoms with van der Waals surface area (Å²) in [5, 5.41) is 3.00. The lowest BCUT2D eigenvalue weighted by Crippen LogP contribution is -2.06. The fourth-order valence-electron chi connectivity index (χ4n) is 1.94. The quantitative estimate of drug-likeness (QED) is 0.888. The number of ether oxygens (including phenoxy) is 1. The van der Waals surface area contributed by atoms with Crippen molar-refractivity contribution in [2.45, 2.75) is 20.1 Å². The van der Waals surface area contributed by atoms with E-state index in [-0.39, 0.29) is 5.82 Å². The van der Waals surface area contributed by atoms with Crippen molar-refractivity contribution < 1.29 is 9.13 Å². The van der Waals surface area contributed by atoms with Crippen LogP contribution in [0.4, 0.5) is 4.39 Å². The van der Waals surface area contributed by atoms with Crippen LogP contribution >= 0.6 is 0 Å². The van der Waals surface area contributed by atoms with Gasteiger partial charge < -0.3 is 10.1 Å². The largest absolute Gasteiger partial charge is 0.489 e. The van der Waals surface area contributed by atoms with E-state index in [0.717, 1.165) is 11.1 Å². The normalized spacial score (nSPS) is 10.5. The Morgan fingerprint density at radius 1 is 1.16 bits per heavy atom. The number of benzene rings is 2. The van der Waals surface area contributed by atoms with Gasteiger partial charge in [0.1, 0.15) is 18.2 Å². The Hall–Kier alpha value is -1.87. The van der Waals surface area contributed by atoms with E-state index < -0.39 is 0 Å². The Morgan fingerprint density at radius 2 is 1.95 bits per heavy atom. The number of hydrogen-bond acceptors (Lipinski definition) is 2. The molecule has 0 unspecified atom stereocenters. The number of rotatable bonds is 5. The third-order valence-electron chi connectivity index (χ3n) is 2.97. The topological polar surface area (TPSA) is 21.3 Å². The minimum absolute atomic E-state index is 0.271. The van der Waals surface area contributed by atoms with Crippen molar-refractivity contribution in [2.24, 2.45) is 0 Å². The van der Waals surface area contributed by atoms with E-state index >= 15 is 0 Å². The summed E-state index contributed by atoms with van der Waals surface area (Å²) in [6.45, 7) is 3.12. The minimum Gasteiger partial charge on any atom is -0.489 e. The lowest BCUT2D eigenvalue weighted by molar-refractivity contribution is 0.303. The van der Waals surface area contributed by atoms with Gasteiger partial charge in [0, 0.05) is 12.6 Å². The van der Waals surface area contributed by atoms with Gasteiger partial charge in [0.05, 0.1) is 0 Å². The van der Waals surface area contributed by atoms with Crippen LogP contribution in [-0.2, 0) is 13.2 Å². The molecule has 0 fully saturated rings. The second-order valence-electron chi connectivity index (χ2n) is 4.54. The molecule has 2 aromatic rings. The first-order valence-electron chi connectivity index (χ1n) is 6.30. The van der Waals surface area contributed by atoms with Crippen molar-refractivity contribution >= 4 is 0 Å². The van der Waals surface area contributed by atoms with E-state index in [0.29, 0.717) is 18.9 Å². The van der Waals surface area contributed by atoms with Crippen LogP contribution in [0.15, 0.2) is 42.5 Å². The van der Waals surface area contributed by atoms with E-state index in [1.807, 2.05) is 44.3 Å². The summed E-state index contributed by atoms with van der Waals surface area (Å²) in [7, 11) is 1.83. The van der Waals surface area contributed by atoms with Gasteiger partial charge in [-0.15, -0.1) is 0 Å². The number of halogens is 1. The highest BCUT2D eigenvalue weighted by Crippen LogP contribution is 2.18. The highest BCUT2D eigenvalue weighted by molar-refractivity contribution is 5.31. The molecule has 0 amide bonds. The van der Waals surface area contributed by atoms with Gasteiger partial charge in [0.15, 0.2) is 0 Å². The summed E-state index contributed by atoms with van der Waals surface area (Å²) in [5.74, 6) is 0.293. The molecule has 0 aliphatic rings. The minimum atomic E-state index is -0.271. The second-order valence-corrected chi connectivity index (χ2v) is 4.54. The number of hydrogen-bond donors (Lipinski definition) is 1. The molecule has 0 spiro atoms. The summed E-state index contributed by atoms with van der Waals surface area (Å²) in [6, 6.07) is 12.8. The molecule has 0 heterocycles. The van der Waals surface area contributed by atoms with E-state index in [9.17, 15) is 4.39 Å². The number of aryl methyl sites for hydroxylation is 1. The molecule has 19 heavy (non-hydrogen) atoms. The molecule has 0 saturated heterocycles. The lowest BCUT2D eigenvalue weighted by Gasteiger charge is -2.10. The van der Waals surface area contributed by atoms with Crippen molar-refractivity contribution in [3.8, 4) is 5.75 Å². The molecule has 1 N–H and O–H groups in total. The molecular formula is C16H18FNO. The highest BCUT2D eigenvalue weighted by atomic mass is 19.1. The maximum absolute atomic E-state index is 13.4. The molecule has 0 saturated carbocycles. The van der Waals surface area contributed by atoms with Gasteiger partial charge in [-0.2, -0.15) is 0 Å². The summed E-state index contributed by atoms with van der Waals surface area (Å²) in [4.78, 5) is 0. The standard InChI is InChI=1S/C16H18FNO/c1-12-5-3-4-6-14(12)11-19-16-8-13(10-18-2)7-15(17)9-16/h3-9,18H,10-11H2,1-2H3. The Morgan fingerprint density at radius 3 is 2.68 bits per heavy atom. The molecule has 0 aromatic heterocycles. The summed E-state index contributed by atoms with van der Waals surface area (Å²) >= 11 is 0. The fraction of sp³-hybridized carbons (Fsp3) is 0.250. The third-order valence-corrected chi connectivity index (χ3v) is 2.97. The van der Waals surface area contributed by atoms with Crippen LogP contribution in [0.25, 0.3) is 0 Å². The van der Waals surface area contributed by atoms with Crippen LogP contribution in [0, 0.1) is 12.7 Å². The van der Waals surface area contributed by atoms with Gasteiger partial charge in [0.25, 0.3) is 0 Å². The SMILES string of the molecule is CNCc1cc(F)cc(OCc2ccccc2C)c1. The average molecular weight is 259 g/mol. The van der Waals surface area contributed by atoms with Crippen LogP contribution in [0.2, 0.25) is 0 Å². The maximum atomic E-state index is 13.4. The van der Waals surface area contributed by atoms with Crippen LogP contribution in [0.1, 0.15) is 16.7 Å². The van der Waals surface area contributed by atoms with Crippen LogP contribution < -0.4 is 10.1 Å². The molecule has 100 valence electrons. The first kappa shape index (κ1) is 13.6. The molecule has 0 aliphatic heterocycles. The van der Waals surface area contributed by atoms with Gasteiger partial charge in [0.2, 0.25) is 0 Å². The third kappa shape index (κ3) is 3.80. The van der Waals surface area contributed by atoms with E-state index in [1.165, 1.54) is 17.7 Å². The zero-order chi connectivity index (χ0) is 13.7. The predicted molar refractivity (Wildman–Crippen MR) is 74.7 cm³/mol. The molecule has 0 radical (unpaired) electrons. The van der Waals surface area contributed by atoms with E-state index in [4.69, 9.17) is 4.74 Å². The zero-order valence-electron chi connectivity index (χ0n) is 11.2. The predicted octanol–water partition coefficient (Wildman–Crippen LogP) is 3.43. The molecule has 2 aromatic carbocycles. The molecule has 2 nitrogen and oxygen atoms in total. The molecule has 3 heteroatoms. The van der Waals surface area contributed by atoms with Gasteiger partial charge in [-0.1, -0.05) is 24.3 Å². The molecule has 0 aliphatic carbocycles. The van der Waals surface area contributed by atoms with Crippen molar-refractivity contribution in [3.63, 3.8) is 0 Å². The van der Waals surface area contributed by atoms with Crippen LogP contribution in [-0.4, -0.2) is 7.05 Å². The van der Waals surface area contributed by atoms with Gasteiger partial charge in [-0.3, -0.25) is 0 Å². The van der Waals surface area contributed by atoms with Gasteiger partial charge >= 0.3 is 0 Å². The molecular weight excluding hydrogens is 241 g/mol. The molecule has 0 bridgehead atoms. The van der Waals surface area contributed by atoms with Gasteiger partial charge in [-0.05, 0) is 42.8 Å². The van der Waals surface area contributed by atoms with Crippen molar-refractivity contribution in [2.75, 3.05) is 7.05 Å². The molecule has 0 atom stereocenters. The van der Waals surface area contributed by atoms with Crippen LogP contribution in [0.5, 0.6) is 5.75 Å². The van der Waals surface area contributed by atoms with Gasteiger partial charge in [-0.25, -0.2) is 4.39 Å². The van der Waals surface area contributed by atoms with Crippen LogP contribution in [0.3, 0.4) is 0 Å². The average Bonchev–Trinajstić information content (AvgIpc) is 2.37. The smallest absolute Gasteiger partial charge is 0.127 e. The maximum Gasteiger partial charge on any atom is 0.127 e. The van der Waals surface area contributed by atoms with E-state index in [2.05, 4.69) is 5.32 Å². The lowest BCUT2D eigenvalue weighted by atomic mass is 10.1. The van der Waals surface area contributed by atoms with Crippen molar-refractivity contribution in [3.05, 3.63) is 65.0 Å². The summed E-state index contributed by atoms with van der Waals surface area (Å²) in [6.07, 6.45) is 0. The zero-order valence-corrected chi connectivity index (χ0v) is 11.2.